The first-order valence-electron chi connectivity index (χ1n) is 6.82. The van der Waals surface area contributed by atoms with E-state index in [0.29, 0.717) is 6.61 Å². The molecule has 0 aliphatic heterocycles. The molecule has 2 rings (SSSR count). The molecule has 2 aromatic rings. The molecule has 0 bridgehead atoms. The first-order chi connectivity index (χ1) is 9.88. The van der Waals surface area contributed by atoms with Crippen LogP contribution in [0.2, 0.25) is 0 Å². The van der Waals surface area contributed by atoms with Crippen molar-refractivity contribution in [3.8, 4) is 5.75 Å². The maximum absolute atomic E-state index is 5.74. The van der Waals surface area contributed by atoms with Crippen LogP contribution in [0.25, 0.3) is 0 Å². The number of hydrogen-bond acceptors (Lipinski definition) is 1. The van der Waals surface area contributed by atoms with Gasteiger partial charge in [0.15, 0.2) is 0 Å². The summed E-state index contributed by atoms with van der Waals surface area (Å²) >= 11 is 4.25. The zero-order valence-corrected chi connectivity index (χ0v) is 16.5. The quantitative estimate of drug-likeness (QED) is 0.488. The summed E-state index contributed by atoms with van der Waals surface area (Å²) in [4.78, 5) is 0. The molecule has 0 N–H and O–H groups in total. The van der Waals surface area contributed by atoms with E-state index >= 15 is 0 Å². The topological polar surface area (TPSA) is 9.23 Å². The third-order valence-electron chi connectivity index (χ3n) is 2.94. The average molecular weight is 385 g/mol. The number of ether oxygens (including phenoxy) is 1. The molecule has 0 radical (unpaired) electrons. The first kappa shape index (κ1) is 17.4. The summed E-state index contributed by atoms with van der Waals surface area (Å²) in [5.41, 5.74) is 2.56. The van der Waals surface area contributed by atoms with Crippen LogP contribution >= 0.6 is 13.6 Å². The number of benzene rings is 2. The van der Waals surface area contributed by atoms with E-state index in [1.807, 2.05) is 24.3 Å². The molecule has 1 nitrogen and oxygen atoms in total. The van der Waals surface area contributed by atoms with Gasteiger partial charge in [0.25, 0.3) is 0 Å². The second-order valence-corrected chi connectivity index (χ2v) is 4.44. The van der Waals surface area contributed by atoms with Gasteiger partial charge in [0, 0.05) is 0 Å². The van der Waals surface area contributed by atoms with E-state index in [4.69, 9.17) is 4.74 Å². The third-order valence-corrected chi connectivity index (χ3v) is 2.94. The van der Waals surface area contributed by atoms with Gasteiger partial charge in [0.1, 0.15) is 5.75 Å². The fourth-order valence-corrected chi connectivity index (χ4v) is 1.82. The predicted octanol–water partition coefficient (Wildman–Crippen LogP) is 5.25. The van der Waals surface area contributed by atoms with E-state index in [1.54, 1.807) is 0 Å². The van der Waals surface area contributed by atoms with Crippen LogP contribution in [0.5, 0.6) is 5.75 Å². The Labute approximate surface area is 138 Å². The minimum absolute atomic E-state index is 0.614. The average Bonchev–Trinajstić information content (AvgIpc) is 2.55. The van der Waals surface area contributed by atoms with E-state index in [1.165, 1.54) is 40.3 Å². The molecule has 0 saturated heterocycles. The minimum atomic E-state index is 0.614. The molecule has 0 heterocycles. The normalized spacial score (nSPS) is 9.60. The van der Waals surface area contributed by atoms with E-state index in [0.717, 1.165) is 12.2 Å². The molecule has 0 spiro atoms. The van der Waals surface area contributed by atoms with Crippen molar-refractivity contribution in [1.82, 2.24) is 0 Å². The summed E-state index contributed by atoms with van der Waals surface area (Å²) < 4.78 is 5.74. The number of hydrogen-bond donors (Lipinski definition) is 0. The van der Waals surface area contributed by atoms with E-state index in [-0.39, 0.29) is 0 Å². The van der Waals surface area contributed by atoms with E-state index in [9.17, 15) is 0 Å². The Bertz CT molecular complexity index is 456. The van der Waals surface area contributed by atoms with Crippen LogP contribution in [-0.4, -0.2) is 0 Å². The van der Waals surface area contributed by atoms with Crippen molar-refractivity contribution in [1.29, 1.82) is 0 Å². The van der Waals surface area contributed by atoms with Gasteiger partial charge >= 0.3 is 30.0 Å². The van der Waals surface area contributed by atoms with Crippen molar-refractivity contribution in [2.75, 3.05) is 0 Å². The van der Waals surface area contributed by atoms with Crippen molar-refractivity contribution in [2.45, 2.75) is 32.8 Å². The fraction of sp³-hybridized carbons (Fsp3) is 0.294. The van der Waals surface area contributed by atoms with E-state index in [2.05, 4.69) is 50.9 Å². The molecule has 0 atom stereocenters. The SMILES string of the molecule is CCCCc1ccc(OCc2cc[c-]cc2)cc1.[Zn+][Br]. The summed E-state index contributed by atoms with van der Waals surface area (Å²) in [6.07, 6.45) is 3.65. The molecule has 0 fully saturated rings. The molecular weight excluding hydrogens is 365 g/mol. The predicted molar refractivity (Wildman–Crippen MR) is 83.6 cm³/mol. The molecule has 0 amide bonds. The first-order valence-corrected chi connectivity index (χ1v) is 13.8. The summed E-state index contributed by atoms with van der Waals surface area (Å²) in [6.45, 7) is 2.83. The molecule has 20 heavy (non-hydrogen) atoms. The van der Waals surface area contributed by atoms with E-state index < -0.39 is 0 Å². The standard InChI is InChI=1S/C17H19O.BrH.Zn/c1-2-3-7-15-10-12-17(13-11-15)18-14-16-8-5-4-6-9-16;;/h5-6,8-13H,2-3,7,14H2,1H3;1H;/q-1;;+2/p-1. The van der Waals surface area contributed by atoms with Gasteiger partial charge in [-0.3, -0.25) is 0 Å². The molecule has 0 aliphatic rings. The Morgan fingerprint density at radius 2 is 1.65 bits per heavy atom. The van der Waals surface area contributed by atoms with Gasteiger partial charge in [-0.05, 0) is 30.5 Å². The van der Waals surface area contributed by atoms with Crippen molar-refractivity contribution < 1.29 is 21.1 Å². The maximum atomic E-state index is 5.74. The van der Waals surface area contributed by atoms with Gasteiger partial charge in [-0.15, -0.1) is 5.56 Å². The molecule has 0 aliphatic carbocycles. The van der Waals surface area contributed by atoms with Crippen molar-refractivity contribution >= 4 is 13.6 Å². The zero-order chi connectivity index (χ0) is 14.6. The van der Waals surface area contributed by atoms with Crippen molar-refractivity contribution in [3.63, 3.8) is 0 Å². The van der Waals surface area contributed by atoms with Gasteiger partial charge in [0.2, 0.25) is 0 Å². The third kappa shape index (κ3) is 6.68. The molecule has 2 aromatic carbocycles. The van der Waals surface area contributed by atoms with Gasteiger partial charge in [0.05, 0.1) is 6.61 Å². The number of rotatable bonds is 6. The van der Waals surface area contributed by atoms with Gasteiger partial charge in [-0.2, -0.15) is 30.3 Å². The van der Waals surface area contributed by atoms with Crippen LogP contribution in [0.15, 0.2) is 48.5 Å². The molecule has 0 saturated carbocycles. The molecule has 102 valence electrons. The zero-order valence-electron chi connectivity index (χ0n) is 11.9. The molecule has 0 unspecified atom stereocenters. The summed E-state index contributed by atoms with van der Waals surface area (Å²) in [5.74, 6) is 0.933. The number of unbranched alkanes of at least 4 members (excludes halogenated alkanes) is 1. The van der Waals surface area contributed by atoms with Gasteiger partial charge in [-0.25, -0.2) is 0 Å². The van der Waals surface area contributed by atoms with Crippen LogP contribution in [0, 0.1) is 6.07 Å². The van der Waals surface area contributed by atoms with Gasteiger partial charge < -0.3 is 4.74 Å². The second kappa shape index (κ2) is 11.1. The van der Waals surface area contributed by atoms with Crippen LogP contribution in [0.1, 0.15) is 30.9 Å². The van der Waals surface area contributed by atoms with Crippen LogP contribution in [-0.2, 0) is 29.4 Å². The van der Waals surface area contributed by atoms with Crippen LogP contribution in [0.3, 0.4) is 0 Å². The van der Waals surface area contributed by atoms with Gasteiger partial charge in [-0.1, -0.05) is 25.5 Å². The second-order valence-electron chi connectivity index (χ2n) is 4.44. The summed E-state index contributed by atoms with van der Waals surface area (Å²) in [5, 5.41) is 0. The summed E-state index contributed by atoms with van der Waals surface area (Å²) in [6, 6.07) is 19.3. The fourth-order valence-electron chi connectivity index (χ4n) is 1.82. The Kier molecular flexibility index (Phi) is 9.61. The van der Waals surface area contributed by atoms with Crippen molar-refractivity contribution in [3.05, 3.63) is 65.7 Å². The van der Waals surface area contributed by atoms with Crippen molar-refractivity contribution in [2.24, 2.45) is 0 Å². The molecule has 3 heteroatoms. The Hall–Kier alpha value is -0.657. The Morgan fingerprint density at radius 1 is 1.00 bits per heavy atom. The monoisotopic (exact) mass is 382 g/mol. The Morgan fingerprint density at radius 3 is 2.25 bits per heavy atom. The van der Waals surface area contributed by atoms with Crippen LogP contribution < -0.4 is 4.74 Å². The summed E-state index contributed by atoms with van der Waals surface area (Å²) in [7, 11) is 0. The molecular formula is C17H19BrOZn. The number of aryl methyl sites for hydroxylation is 1. The molecule has 0 aromatic heterocycles. The van der Waals surface area contributed by atoms with Crippen LogP contribution in [0.4, 0.5) is 0 Å². The Balaban J connectivity index is 0.000000956. The number of halogens is 1.